The van der Waals surface area contributed by atoms with Crippen molar-refractivity contribution in [3.63, 3.8) is 0 Å². The lowest BCUT2D eigenvalue weighted by molar-refractivity contribution is -0.133. The second-order valence-electron chi connectivity index (χ2n) is 5.15. The molecule has 1 heterocycles. The molecule has 0 N–H and O–H groups in total. The highest BCUT2D eigenvalue weighted by atomic mass is 32.2. The SMILES string of the molecule is CCC(=O)Oc1ccc([SH]2CCCC2)c2ccccc12. The van der Waals surface area contributed by atoms with E-state index in [1.807, 2.05) is 19.1 Å². The molecule has 0 amide bonds. The maximum atomic E-state index is 11.5. The molecule has 0 aromatic heterocycles. The molecule has 0 unspecified atom stereocenters. The van der Waals surface area contributed by atoms with E-state index in [1.54, 1.807) is 0 Å². The van der Waals surface area contributed by atoms with E-state index < -0.39 is 0 Å². The summed E-state index contributed by atoms with van der Waals surface area (Å²) < 4.78 is 5.46. The smallest absolute Gasteiger partial charge is 0.310 e. The van der Waals surface area contributed by atoms with Gasteiger partial charge in [0.2, 0.25) is 0 Å². The van der Waals surface area contributed by atoms with Crippen LogP contribution in [0.2, 0.25) is 0 Å². The molecule has 2 aromatic carbocycles. The summed E-state index contributed by atoms with van der Waals surface area (Å²) in [5.74, 6) is 3.21. The molecule has 2 aromatic rings. The maximum absolute atomic E-state index is 11.5. The van der Waals surface area contributed by atoms with Crippen LogP contribution >= 0.6 is 10.9 Å². The number of ether oxygens (including phenoxy) is 1. The van der Waals surface area contributed by atoms with Gasteiger partial charge in [0, 0.05) is 11.8 Å². The molecule has 1 saturated heterocycles. The third kappa shape index (κ3) is 2.55. The highest BCUT2D eigenvalue weighted by Gasteiger charge is 2.17. The zero-order valence-corrected chi connectivity index (χ0v) is 12.7. The Kier molecular flexibility index (Phi) is 3.97. The molecule has 1 aliphatic rings. The number of carbonyl (C=O) groups excluding carboxylic acids is 1. The summed E-state index contributed by atoms with van der Waals surface area (Å²) in [6.07, 6.45) is 3.11. The standard InChI is InChI=1S/C17H20O2S/c1-2-17(18)19-15-9-10-16(20-11-5-6-12-20)14-8-4-3-7-13(14)15/h3-4,7-10,20H,2,5-6,11-12H2,1H3. The van der Waals surface area contributed by atoms with Crippen LogP contribution in [0.4, 0.5) is 0 Å². The van der Waals surface area contributed by atoms with Crippen molar-refractivity contribution in [3.8, 4) is 5.75 Å². The van der Waals surface area contributed by atoms with Crippen LogP contribution in [0.3, 0.4) is 0 Å². The maximum Gasteiger partial charge on any atom is 0.310 e. The van der Waals surface area contributed by atoms with Crippen molar-refractivity contribution in [2.75, 3.05) is 11.5 Å². The van der Waals surface area contributed by atoms with Crippen molar-refractivity contribution < 1.29 is 9.53 Å². The second kappa shape index (κ2) is 5.88. The molecule has 3 heteroatoms. The van der Waals surface area contributed by atoms with Gasteiger partial charge in [0.05, 0.1) is 0 Å². The molecule has 0 bridgehead atoms. The quantitative estimate of drug-likeness (QED) is 0.517. The van der Waals surface area contributed by atoms with Crippen molar-refractivity contribution in [2.45, 2.75) is 31.1 Å². The van der Waals surface area contributed by atoms with E-state index in [0.29, 0.717) is 12.2 Å². The Balaban J connectivity index is 2.07. The predicted molar refractivity (Wildman–Crippen MR) is 86.1 cm³/mol. The highest BCUT2D eigenvalue weighted by Crippen LogP contribution is 2.47. The minimum absolute atomic E-state index is 0.0168. The Bertz CT molecular complexity index is 630. The monoisotopic (exact) mass is 288 g/mol. The number of thiol groups is 1. The van der Waals surface area contributed by atoms with Gasteiger partial charge in [-0.25, -0.2) is 10.9 Å². The van der Waals surface area contributed by atoms with Crippen LogP contribution < -0.4 is 4.74 Å². The van der Waals surface area contributed by atoms with Gasteiger partial charge in [-0.2, -0.15) is 0 Å². The minimum Gasteiger partial charge on any atom is -0.426 e. The number of hydrogen-bond acceptors (Lipinski definition) is 2. The van der Waals surface area contributed by atoms with E-state index in [0.717, 1.165) is 5.39 Å². The van der Waals surface area contributed by atoms with Gasteiger partial charge in [0.15, 0.2) is 0 Å². The Hall–Kier alpha value is -1.48. The van der Waals surface area contributed by atoms with Gasteiger partial charge in [-0.3, -0.25) is 4.79 Å². The predicted octanol–water partition coefficient (Wildman–Crippen LogP) is 4.31. The summed E-state index contributed by atoms with van der Waals surface area (Å²) >= 11 is 0. The lowest BCUT2D eigenvalue weighted by atomic mass is 10.1. The molecular weight excluding hydrogens is 268 g/mol. The van der Waals surface area contributed by atoms with Gasteiger partial charge in [0.1, 0.15) is 5.75 Å². The molecule has 0 atom stereocenters. The first-order valence-corrected chi connectivity index (χ1v) is 8.98. The topological polar surface area (TPSA) is 26.3 Å². The normalized spacial score (nSPS) is 16.6. The van der Waals surface area contributed by atoms with Crippen LogP contribution in [0.5, 0.6) is 5.75 Å². The first-order chi connectivity index (χ1) is 9.79. The minimum atomic E-state index is -0.172. The fourth-order valence-corrected chi connectivity index (χ4v) is 5.51. The first-order valence-electron chi connectivity index (χ1n) is 7.27. The molecule has 20 heavy (non-hydrogen) atoms. The summed E-state index contributed by atoms with van der Waals surface area (Å²) in [5.41, 5.74) is 0. The largest absolute Gasteiger partial charge is 0.426 e. The molecule has 0 saturated carbocycles. The summed E-state index contributed by atoms with van der Waals surface area (Å²) in [6, 6.07) is 12.5. The van der Waals surface area contributed by atoms with Gasteiger partial charge in [-0.1, -0.05) is 31.2 Å². The third-order valence-electron chi connectivity index (χ3n) is 3.82. The molecule has 1 fully saturated rings. The lowest BCUT2D eigenvalue weighted by Crippen LogP contribution is -2.06. The Morgan fingerprint density at radius 1 is 1.10 bits per heavy atom. The third-order valence-corrected chi connectivity index (χ3v) is 6.60. The van der Waals surface area contributed by atoms with Crippen LogP contribution in [-0.4, -0.2) is 17.5 Å². The number of benzene rings is 2. The average Bonchev–Trinajstić information content (AvgIpc) is 3.01. The van der Waals surface area contributed by atoms with Gasteiger partial charge >= 0.3 is 5.97 Å². The number of rotatable bonds is 3. The molecular formula is C17H20O2S. The highest BCUT2D eigenvalue weighted by molar-refractivity contribution is 8.17. The Morgan fingerprint density at radius 3 is 2.50 bits per heavy atom. The van der Waals surface area contributed by atoms with Crippen LogP contribution in [0, 0.1) is 0 Å². The van der Waals surface area contributed by atoms with Crippen LogP contribution in [-0.2, 0) is 4.79 Å². The van der Waals surface area contributed by atoms with Gasteiger partial charge < -0.3 is 4.74 Å². The van der Waals surface area contributed by atoms with Crippen molar-refractivity contribution in [2.24, 2.45) is 0 Å². The van der Waals surface area contributed by atoms with E-state index in [-0.39, 0.29) is 16.9 Å². The number of fused-ring (bicyclic) bond motifs is 1. The Morgan fingerprint density at radius 2 is 1.80 bits per heavy atom. The van der Waals surface area contributed by atoms with E-state index >= 15 is 0 Å². The average molecular weight is 288 g/mol. The summed E-state index contributed by atoms with van der Waals surface area (Å²) in [5, 5.41) is 2.34. The molecule has 0 aliphatic carbocycles. The number of esters is 1. The zero-order valence-electron chi connectivity index (χ0n) is 11.8. The molecule has 1 aliphatic heterocycles. The molecule has 3 rings (SSSR count). The molecule has 106 valence electrons. The van der Waals surface area contributed by atoms with E-state index in [4.69, 9.17) is 4.74 Å². The Labute approximate surface area is 122 Å². The van der Waals surface area contributed by atoms with Crippen LogP contribution in [0.1, 0.15) is 26.2 Å². The zero-order chi connectivity index (χ0) is 13.9. The van der Waals surface area contributed by atoms with E-state index in [9.17, 15) is 4.79 Å². The number of carbonyl (C=O) groups is 1. The van der Waals surface area contributed by atoms with Crippen LogP contribution in [0.15, 0.2) is 41.3 Å². The van der Waals surface area contributed by atoms with Gasteiger partial charge in [-0.05, 0) is 46.8 Å². The molecule has 2 nitrogen and oxygen atoms in total. The fourth-order valence-electron chi connectivity index (χ4n) is 2.77. The van der Waals surface area contributed by atoms with E-state index in [2.05, 4.69) is 24.3 Å². The van der Waals surface area contributed by atoms with Crippen molar-refractivity contribution >= 4 is 27.6 Å². The van der Waals surface area contributed by atoms with Gasteiger partial charge in [-0.15, -0.1) is 0 Å². The van der Waals surface area contributed by atoms with Crippen molar-refractivity contribution in [1.82, 2.24) is 0 Å². The number of hydrogen-bond donors (Lipinski definition) is 1. The lowest BCUT2D eigenvalue weighted by Gasteiger charge is -2.18. The second-order valence-corrected chi connectivity index (χ2v) is 7.61. The van der Waals surface area contributed by atoms with Crippen molar-refractivity contribution in [1.29, 1.82) is 0 Å². The fraction of sp³-hybridized carbons (Fsp3) is 0.353. The first kappa shape index (κ1) is 13.5. The van der Waals surface area contributed by atoms with Gasteiger partial charge in [0.25, 0.3) is 0 Å². The summed E-state index contributed by atoms with van der Waals surface area (Å²) in [7, 11) is -0.0168. The summed E-state index contributed by atoms with van der Waals surface area (Å²) in [6.45, 7) is 1.82. The molecule has 0 radical (unpaired) electrons. The van der Waals surface area contributed by atoms with Crippen molar-refractivity contribution in [3.05, 3.63) is 36.4 Å². The summed E-state index contributed by atoms with van der Waals surface area (Å²) in [4.78, 5) is 13.0. The van der Waals surface area contributed by atoms with E-state index in [1.165, 1.54) is 34.6 Å². The molecule has 0 spiro atoms. The van der Waals surface area contributed by atoms with Crippen LogP contribution in [0.25, 0.3) is 10.8 Å².